The second-order valence-corrected chi connectivity index (χ2v) is 13.1. The summed E-state index contributed by atoms with van der Waals surface area (Å²) in [4.78, 5) is 57.8. The van der Waals surface area contributed by atoms with E-state index in [0.717, 1.165) is 53.8 Å². The van der Waals surface area contributed by atoms with Crippen LogP contribution in [0.5, 0.6) is 0 Å². The minimum Gasteiger partial charge on any atom is -0.315 e. The number of aryl methyl sites for hydroxylation is 2. The van der Waals surface area contributed by atoms with Crippen molar-refractivity contribution < 1.29 is 19.2 Å². The largest absolute Gasteiger partial charge is 0.315 e. The lowest BCUT2D eigenvalue weighted by Crippen LogP contribution is -2.44. The molecular weight excluding hydrogens is 600 g/mol. The lowest BCUT2D eigenvalue weighted by atomic mass is 9.83. The first-order chi connectivity index (χ1) is 23.3. The highest BCUT2D eigenvalue weighted by molar-refractivity contribution is 6.27. The van der Waals surface area contributed by atoms with E-state index < -0.39 is 0 Å². The summed E-state index contributed by atoms with van der Waals surface area (Å²) in [5.74, 6) is -0.911. The normalized spacial score (nSPS) is 15.1. The lowest BCUT2D eigenvalue weighted by molar-refractivity contribution is 0.0589. The van der Waals surface area contributed by atoms with Crippen molar-refractivity contribution in [3.05, 3.63) is 94.0 Å². The molecule has 4 amide bonds. The van der Waals surface area contributed by atoms with Gasteiger partial charge in [-0.2, -0.15) is 0 Å². The van der Waals surface area contributed by atoms with Crippen LogP contribution in [0.3, 0.4) is 0 Å². The molecule has 1 N–H and O–H groups in total. The van der Waals surface area contributed by atoms with E-state index in [-0.39, 0.29) is 23.6 Å². The van der Waals surface area contributed by atoms with Gasteiger partial charge in [0.1, 0.15) is 0 Å². The Morgan fingerprint density at radius 1 is 0.604 bits per heavy atom. The molecule has 0 fully saturated rings. The summed E-state index contributed by atoms with van der Waals surface area (Å²) in [6.07, 6.45) is 7.99. The number of imide groups is 2. The summed E-state index contributed by atoms with van der Waals surface area (Å²) >= 11 is 0. The van der Waals surface area contributed by atoms with Crippen LogP contribution in [0.15, 0.2) is 60.7 Å². The molecule has 8 nitrogen and oxygen atoms in total. The van der Waals surface area contributed by atoms with Gasteiger partial charge in [0.2, 0.25) is 0 Å². The molecule has 0 spiro atoms. The zero-order chi connectivity index (χ0) is 33.8. The lowest BCUT2D eigenvalue weighted by Gasteiger charge is -2.30. The van der Waals surface area contributed by atoms with Crippen LogP contribution in [0, 0.1) is 0 Å². The van der Waals surface area contributed by atoms with E-state index in [1.165, 1.54) is 40.2 Å². The molecule has 1 aliphatic carbocycles. The summed E-state index contributed by atoms with van der Waals surface area (Å²) in [6, 6.07) is 19.0. The predicted octanol–water partition coefficient (Wildman–Crippen LogP) is 6.48. The molecule has 2 aliphatic heterocycles. The molecule has 7 rings (SSSR count). The minimum absolute atomic E-state index is 0.206. The molecule has 0 saturated carbocycles. The first kappa shape index (κ1) is 33.5. The number of rotatable bonds is 12. The molecule has 4 aromatic rings. The number of unbranched alkanes of at least 4 members (excludes halogenated alkanes) is 2. The molecule has 0 unspecified atom stereocenters. The van der Waals surface area contributed by atoms with Gasteiger partial charge in [-0.15, -0.1) is 0 Å². The third-order valence-corrected chi connectivity index (χ3v) is 9.85. The van der Waals surface area contributed by atoms with Crippen molar-refractivity contribution in [3.8, 4) is 0 Å². The van der Waals surface area contributed by atoms with E-state index in [2.05, 4.69) is 36.2 Å². The van der Waals surface area contributed by atoms with Crippen molar-refractivity contribution in [1.82, 2.24) is 20.0 Å². The van der Waals surface area contributed by atoms with E-state index in [1.807, 2.05) is 43.4 Å². The van der Waals surface area contributed by atoms with Gasteiger partial charge in [-0.25, -0.2) is 0 Å². The Bertz CT molecular complexity index is 1770. The second kappa shape index (κ2) is 14.8. The van der Waals surface area contributed by atoms with Crippen LogP contribution in [0.25, 0.3) is 21.5 Å². The van der Waals surface area contributed by atoms with Gasteiger partial charge in [-0.1, -0.05) is 69.5 Å². The molecule has 8 heteroatoms. The maximum absolute atomic E-state index is 13.4. The van der Waals surface area contributed by atoms with Crippen molar-refractivity contribution in [2.24, 2.45) is 0 Å². The number of hydrogen-bond acceptors (Lipinski definition) is 6. The van der Waals surface area contributed by atoms with E-state index in [1.54, 1.807) is 12.1 Å². The minimum atomic E-state index is -0.249. The van der Waals surface area contributed by atoms with E-state index in [9.17, 15) is 19.2 Å². The fraction of sp³-hybridized carbons (Fsp3) is 0.400. The molecule has 2 heterocycles. The van der Waals surface area contributed by atoms with Gasteiger partial charge in [-0.05, 0) is 92.0 Å². The van der Waals surface area contributed by atoms with E-state index >= 15 is 0 Å². The Labute approximate surface area is 283 Å². The van der Waals surface area contributed by atoms with Crippen LogP contribution in [0.1, 0.15) is 98.5 Å². The van der Waals surface area contributed by atoms with Gasteiger partial charge >= 0.3 is 0 Å². The molecule has 0 saturated heterocycles. The van der Waals surface area contributed by atoms with Crippen molar-refractivity contribution in [1.29, 1.82) is 0 Å². The van der Waals surface area contributed by atoms with Crippen LogP contribution in [-0.2, 0) is 12.8 Å². The molecular formula is C40H46N4O4. The monoisotopic (exact) mass is 646 g/mol. The number of amides is 4. The van der Waals surface area contributed by atoms with Crippen LogP contribution in [0.2, 0.25) is 0 Å². The quantitative estimate of drug-likeness (QED) is 0.140. The zero-order valence-electron chi connectivity index (χ0n) is 28.4. The maximum atomic E-state index is 13.4. The van der Waals surface area contributed by atoms with E-state index in [4.69, 9.17) is 0 Å². The van der Waals surface area contributed by atoms with Gasteiger partial charge in [0, 0.05) is 59.2 Å². The van der Waals surface area contributed by atoms with Crippen LogP contribution in [0.4, 0.5) is 0 Å². The van der Waals surface area contributed by atoms with Crippen LogP contribution < -0.4 is 5.32 Å². The van der Waals surface area contributed by atoms with Gasteiger partial charge in [-0.3, -0.25) is 29.0 Å². The molecule has 0 aromatic heterocycles. The van der Waals surface area contributed by atoms with Crippen molar-refractivity contribution in [2.45, 2.75) is 58.8 Å². The fourth-order valence-corrected chi connectivity index (χ4v) is 7.28. The van der Waals surface area contributed by atoms with Gasteiger partial charge in [0.15, 0.2) is 0 Å². The van der Waals surface area contributed by atoms with Crippen molar-refractivity contribution >= 4 is 45.2 Å². The fourth-order valence-electron chi connectivity index (χ4n) is 7.28. The highest BCUT2D eigenvalue weighted by Crippen LogP contribution is 2.37. The van der Waals surface area contributed by atoms with Crippen molar-refractivity contribution in [2.75, 3.05) is 46.3 Å². The molecule has 0 atom stereocenters. The average Bonchev–Trinajstić information content (AvgIpc) is 3.10. The summed E-state index contributed by atoms with van der Waals surface area (Å²) in [5, 5.41) is 6.94. The first-order valence-electron chi connectivity index (χ1n) is 17.6. The molecule has 0 radical (unpaired) electrons. The number of carbonyl (C=O) groups is 4. The number of carbonyl (C=O) groups excluding carboxylic acids is 4. The van der Waals surface area contributed by atoms with Gasteiger partial charge in [0.25, 0.3) is 23.6 Å². The topological polar surface area (TPSA) is 90.0 Å². The number of nitrogens with zero attached hydrogens (tertiary/aromatic N) is 3. The Morgan fingerprint density at radius 2 is 1.15 bits per heavy atom. The summed E-state index contributed by atoms with van der Waals surface area (Å²) in [7, 11) is 1.99. The highest BCUT2D eigenvalue weighted by atomic mass is 16.2. The Hall–Kier alpha value is -4.40. The average molecular weight is 647 g/mol. The highest BCUT2D eigenvalue weighted by Gasteiger charge is 2.35. The smallest absolute Gasteiger partial charge is 0.261 e. The summed E-state index contributed by atoms with van der Waals surface area (Å²) in [5.41, 5.74) is 4.89. The summed E-state index contributed by atoms with van der Waals surface area (Å²) < 4.78 is 0. The third-order valence-electron chi connectivity index (χ3n) is 9.85. The van der Waals surface area contributed by atoms with Crippen molar-refractivity contribution in [3.63, 3.8) is 0 Å². The molecule has 4 aromatic carbocycles. The molecule has 3 aliphatic rings. The van der Waals surface area contributed by atoms with Crippen LogP contribution >= 0.6 is 0 Å². The first-order valence-corrected chi connectivity index (χ1v) is 17.6. The van der Waals surface area contributed by atoms with Gasteiger partial charge in [0.05, 0.1) is 0 Å². The zero-order valence-corrected chi connectivity index (χ0v) is 28.4. The number of likely N-dealkylation sites (N-methyl/N-ethyl adjacent to an activating group) is 1. The molecule has 250 valence electrons. The Balaban J connectivity index is 0.000000749. The van der Waals surface area contributed by atoms with E-state index in [0.29, 0.717) is 55.0 Å². The second-order valence-electron chi connectivity index (χ2n) is 13.1. The standard InChI is InChI=1S/C35H34N4O4.C5H12/c1-37(18-5-16-36-17-19-38-32(40)25-10-3-8-22-9-4-11-26(30(22)25)33(38)41)20-21-39-34(42)27-14-12-23-6-2-7-24-13-15-28(35(39)43)31(27)29(23)24;1-3-5-4-2/h3-4,8-15,36H,2,5-7,16-21H2,1H3;3-5H2,1-2H3. The Morgan fingerprint density at radius 3 is 1.69 bits per heavy atom. The number of nitrogens with one attached hydrogen (secondary N) is 1. The summed E-state index contributed by atoms with van der Waals surface area (Å²) in [6.45, 7) is 7.63. The van der Waals surface area contributed by atoms with Crippen LogP contribution in [-0.4, -0.2) is 84.6 Å². The number of hydrogen-bond donors (Lipinski definition) is 1. The molecule has 48 heavy (non-hydrogen) atoms. The third kappa shape index (κ3) is 6.39. The molecule has 0 bridgehead atoms. The SMILES string of the molecule is CCCCC.CN(CCCNCCN1C(=O)c2cccc3cccc(c23)C1=O)CCN1C(=O)c2ccc3c4c(ccc(c24)C1=O)CCC3. The van der Waals surface area contributed by atoms with Gasteiger partial charge < -0.3 is 10.2 Å². The number of benzene rings is 4. The maximum Gasteiger partial charge on any atom is 0.261 e. The Kier molecular flexibility index (Phi) is 10.3. The predicted molar refractivity (Wildman–Crippen MR) is 191 cm³/mol.